The molecule has 3 rings (SSSR count). The first-order valence-corrected chi connectivity index (χ1v) is 10.5. The van der Waals surface area contributed by atoms with Gasteiger partial charge in [0.15, 0.2) is 11.7 Å². The molecule has 0 aliphatic heterocycles. The number of rotatable bonds is 8. The Labute approximate surface area is 183 Å². The molecule has 2 N–H and O–H groups in total. The number of hydrogen-bond acceptors (Lipinski definition) is 4. The molecule has 9 heteroatoms. The number of alkyl halides is 3. The number of nitrogens with one attached hydrogen (secondary N) is 2. The molecule has 1 aromatic heterocycles. The van der Waals surface area contributed by atoms with Crippen LogP contribution in [0.15, 0.2) is 65.0 Å². The van der Waals surface area contributed by atoms with E-state index in [0.29, 0.717) is 30.7 Å². The van der Waals surface area contributed by atoms with Gasteiger partial charge in [-0.15, -0.1) is 11.3 Å². The van der Waals surface area contributed by atoms with E-state index in [1.165, 1.54) is 0 Å². The van der Waals surface area contributed by atoms with Crippen LogP contribution in [0.4, 0.5) is 13.2 Å². The molecule has 1 heterocycles. The van der Waals surface area contributed by atoms with Crippen molar-refractivity contribution in [2.24, 2.45) is 4.99 Å². The molecule has 0 spiro atoms. The molecule has 0 saturated heterocycles. The average Bonchev–Trinajstić information content (AvgIpc) is 3.25. The lowest BCUT2D eigenvalue weighted by molar-refractivity contribution is -0.140. The van der Waals surface area contributed by atoms with Crippen molar-refractivity contribution in [1.29, 1.82) is 0 Å². The van der Waals surface area contributed by atoms with Crippen LogP contribution in [0.25, 0.3) is 0 Å². The van der Waals surface area contributed by atoms with E-state index in [1.807, 2.05) is 54.6 Å². The third kappa shape index (κ3) is 7.37. The van der Waals surface area contributed by atoms with Gasteiger partial charge in [-0.25, -0.2) is 4.98 Å². The second-order valence-electron chi connectivity index (χ2n) is 6.70. The molecule has 0 saturated carbocycles. The molecular formula is C22H23F3N4OS. The Balaban J connectivity index is 1.41. The standard InChI is InChI=1S/C22H23F3N4OS/c1-26-21(28-12-20-29-19(15-31-20)22(23,24)25)27-11-16-7-9-18(10-8-16)14-30-13-17-5-3-2-4-6-17/h2-10,15H,11-14H2,1H3,(H2,26,27,28). The molecule has 0 amide bonds. The van der Waals surface area contributed by atoms with Crippen LogP contribution in [0.3, 0.4) is 0 Å². The van der Waals surface area contributed by atoms with Gasteiger partial charge in [0.05, 0.1) is 19.8 Å². The fraction of sp³-hybridized carbons (Fsp3) is 0.273. The Morgan fingerprint density at radius 3 is 2.16 bits per heavy atom. The van der Waals surface area contributed by atoms with Gasteiger partial charge >= 0.3 is 6.18 Å². The zero-order valence-electron chi connectivity index (χ0n) is 16.9. The van der Waals surface area contributed by atoms with E-state index >= 15 is 0 Å². The second-order valence-corrected chi connectivity index (χ2v) is 7.64. The largest absolute Gasteiger partial charge is 0.434 e. The lowest BCUT2D eigenvalue weighted by Gasteiger charge is -2.11. The predicted octanol–water partition coefficient (Wildman–Crippen LogP) is 4.74. The van der Waals surface area contributed by atoms with Gasteiger partial charge in [-0.05, 0) is 16.7 Å². The summed E-state index contributed by atoms with van der Waals surface area (Å²) in [5.74, 6) is 0.485. The van der Waals surface area contributed by atoms with Crippen LogP contribution < -0.4 is 10.6 Å². The minimum atomic E-state index is -4.42. The van der Waals surface area contributed by atoms with Crippen LogP contribution in [-0.4, -0.2) is 18.0 Å². The van der Waals surface area contributed by atoms with Gasteiger partial charge in [-0.1, -0.05) is 54.6 Å². The molecule has 0 aliphatic rings. The van der Waals surface area contributed by atoms with Gasteiger partial charge in [0.25, 0.3) is 0 Å². The number of aliphatic imine (C=N–C) groups is 1. The molecule has 0 unspecified atom stereocenters. The van der Waals surface area contributed by atoms with Crippen molar-refractivity contribution in [2.45, 2.75) is 32.5 Å². The lowest BCUT2D eigenvalue weighted by atomic mass is 10.1. The highest BCUT2D eigenvalue weighted by Gasteiger charge is 2.33. The monoisotopic (exact) mass is 448 g/mol. The fourth-order valence-corrected chi connectivity index (χ4v) is 3.44. The molecule has 0 radical (unpaired) electrons. The normalized spacial score (nSPS) is 12.1. The summed E-state index contributed by atoms with van der Waals surface area (Å²) in [4.78, 5) is 7.69. The highest BCUT2D eigenvalue weighted by molar-refractivity contribution is 7.09. The molecule has 5 nitrogen and oxygen atoms in total. The topological polar surface area (TPSA) is 58.5 Å². The highest BCUT2D eigenvalue weighted by atomic mass is 32.1. The maximum Gasteiger partial charge on any atom is 0.434 e. The second kappa shape index (κ2) is 10.9. The molecule has 0 aliphatic carbocycles. The van der Waals surface area contributed by atoms with Crippen LogP contribution in [0, 0.1) is 0 Å². The summed E-state index contributed by atoms with van der Waals surface area (Å²) in [6.45, 7) is 1.78. The van der Waals surface area contributed by atoms with E-state index in [1.54, 1.807) is 7.05 Å². The predicted molar refractivity (Wildman–Crippen MR) is 116 cm³/mol. The van der Waals surface area contributed by atoms with Crippen molar-refractivity contribution >= 4 is 17.3 Å². The summed E-state index contributed by atoms with van der Waals surface area (Å²) < 4.78 is 43.6. The molecule has 3 aromatic rings. The summed E-state index contributed by atoms with van der Waals surface area (Å²) in [7, 11) is 1.60. The Bertz CT molecular complexity index is 972. The maximum atomic E-state index is 12.6. The molecule has 0 atom stereocenters. The first kappa shape index (κ1) is 22.8. The van der Waals surface area contributed by atoms with Gasteiger partial charge in [0.1, 0.15) is 5.01 Å². The van der Waals surface area contributed by atoms with E-state index in [2.05, 4.69) is 20.6 Å². The summed E-state index contributed by atoms with van der Waals surface area (Å²) >= 11 is 0.962. The van der Waals surface area contributed by atoms with E-state index in [9.17, 15) is 13.2 Å². The van der Waals surface area contributed by atoms with Gasteiger partial charge in [0, 0.05) is 19.0 Å². The van der Waals surface area contributed by atoms with Crippen LogP contribution in [0.1, 0.15) is 27.4 Å². The zero-order valence-corrected chi connectivity index (χ0v) is 17.8. The van der Waals surface area contributed by atoms with Crippen LogP contribution in [0.5, 0.6) is 0 Å². The minimum Gasteiger partial charge on any atom is -0.372 e. The summed E-state index contributed by atoms with van der Waals surface area (Å²) in [6.07, 6.45) is -4.42. The Hall–Kier alpha value is -2.91. The van der Waals surface area contributed by atoms with Crippen molar-refractivity contribution in [2.75, 3.05) is 7.05 Å². The third-order valence-electron chi connectivity index (χ3n) is 4.34. The van der Waals surface area contributed by atoms with E-state index in [-0.39, 0.29) is 6.54 Å². The molecule has 0 bridgehead atoms. The number of aromatic nitrogens is 1. The van der Waals surface area contributed by atoms with E-state index in [0.717, 1.165) is 33.4 Å². The SMILES string of the molecule is CN=C(NCc1ccc(COCc2ccccc2)cc1)NCc1nc(C(F)(F)F)cs1. The first-order valence-electron chi connectivity index (χ1n) is 9.59. The number of hydrogen-bond donors (Lipinski definition) is 2. The van der Waals surface area contributed by atoms with Crippen molar-refractivity contribution < 1.29 is 17.9 Å². The van der Waals surface area contributed by atoms with Gasteiger partial charge in [-0.2, -0.15) is 13.2 Å². The molecule has 0 fully saturated rings. The number of guanidine groups is 1. The van der Waals surface area contributed by atoms with E-state index < -0.39 is 11.9 Å². The quantitative estimate of drug-likeness (QED) is 0.386. The number of benzene rings is 2. The highest BCUT2D eigenvalue weighted by Crippen LogP contribution is 2.29. The van der Waals surface area contributed by atoms with Gasteiger partial charge < -0.3 is 15.4 Å². The van der Waals surface area contributed by atoms with Crippen molar-refractivity contribution in [1.82, 2.24) is 15.6 Å². The fourth-order valence-electron chi connectivity index (χ4n) is 2.70. The maximum absolute atomic E-state index is 12.6. The Morgan fingerprint density at radius 1 is 0.935 bits per heavy atom. The first-order chi connectivity index (χ1) is 14.9. The number of nitrogens with zero attached hydrogens (tertiary/aromatic N) is 2. The summed E-state index contributed by atoms with van der Waals surface area (Å²) in [5, 5.41) is 7.47. The summed E-state index contributed by atoms with van der Waals surface area (Å²) in [6, 6.07) is 18.0. The minimum absolute atomic E-state index is 0.165. The number of halogens is 3. The number of ether oxygens (including phenoxy) is 1. The zero-order chi connectivity index (χ0) is 22.1. The van der Waals surface area contributed by atoms with E-state index in [4.69, 9.17) is 4.74 Å². The average molecular weight is 449 g/mol. The van der Waals surface area contributed by atoms with Crippen molar-refractivity contribution in [3.8, 4) is 0 Å². The van der Waals surface area contributed by atoms with Gasteiger partial charge in [0.2, 0.25) is 0 Å². The number of thiazole rings is 1. The molecular weight excluding hydrogens is 425 g/mol. The summed E-state index contributed by atoms with van der Waals surface area (Å²) in [5.41, 5.74) is 2.38. The van der Waals surface area contributed by atoms with Crippen LogP contribution in [-0.2, 0) is 37.2 Å². The lowest BCUT2D eigenvalue weighted by Crippen LogP contribution is -2.36. The Kier molecular flexibility index (Phi) is 8.02. The van der Waals surface area contributed by atoms with Crippen molar-refractivity contribution in [3.05, 3.63) is 87.4 Å². The van der Waals surface area contributed by atoms with Gasteiger partial charge in [-0.3, -0.25) is 4.99 Å². The van der Waals surface area contributed by atoms with Crippen molar-refractivity contribution in [3.63, 3.8) is 0 Å². The molecule has 164 valence electrons. The molecule has 31 heavy (non-hydrogen) atoms. The smallest absolute Gasteiger partial charge is 0.372 e. The molecule has 2 aromatic carbocycles. The Morgan fingerprint density at radius 2 is 1.55 bits per heavy atom. The third-order valence-corrected chi connectivity index (χ3v) is 5.18. The van der Waals surface area contributed by atoms with Crippen LogP contribution in [0.2, 0.25) is 0 Å². The van der Waals surface area contributed by atoms with Crippen LogP contribution >= 0.6 is 11.3 Å².